The van der Waals surface area contributed by atoms with Gasteiger partial charge in [0.15, 0.2) is 0 Å². The largest absolute Gasteiger partial charge is 0.197 e. The zero-order chi connectivity index (χ0) is 7.24. The van der Waals surface area contributed by atoms with Crippen molar-refractivity contribution in [3.8, 4) is 0 Å². The SMILES string of the molecule is CC12CCCC1(C)OOO2. The highest BCUT2D eigenvalue weighted by molar-refractivity contribution is 5.01. The van der Waals surface area contributed by atoms with Crippen molar-refractivity contribution in [1.29, 1.82) is 0 Å². The summed E-state index contributed by atoms with van der Waals surface area (Å²) in [6.07, 6.45) is 3.23. The summed E-state index contributed by atoms with van der Waals surface area (Å²) in [6, 6.07) is 0. The molecular formula is C7H12O3. The van der Waals surface area contributed by atoms with Gasteiger partial charge in [-0.15, -0.1) is 0 Å². The van der Waals surface area contributed by atoms with E-state index in [0.717, 1.165) is 19.3 Å². The van der Waals surface area contributed by atoms with Gasteiger partial charge in [-0.1, -0.05) is 5.04 Å². The van der Waals surface area contributed by atoms with E-state index in [-0.39, 0.29) is 11.2 Å². The molecule has 1 saturated carbocycles. The first kappa shape index (κ1) is 6.58. The van der Waals surface area contributed by atoms with E-state index in [2.05, 4.69) is 5.04 Å². The number of rotatable bonds is 0. The van der Waals surface area contributed by atoms with Crippen molar-refractivity contribution in [3.63, 3.8) is 0 Å². The highest BCUT2D eigenvalue weighted by Crippen LogP contribution is 2.48. The molecule has 0 spiro atoms. The molecular weight excluding hydrogens is 132 g/mol. The van der Waals surface area contributed by atoms with Crippen LogP contribution in [0.2, 0.25) is 0 Å². The molecule has 3 heteroatoms. The van der Waals surface area contributed by atoms with E-state index in [0.29, 0.717) is 0 Å². The molecule has 2 rings (SSSR count). The lowest BCUT2D eigenvalue weighted by molar-refractivity contribution is -0.481. The molecule has 1 heterocycles. The first-order valence-corrected chi connectivity index (χ1v) is 3.70. The third kappa shape index (κ3) is 0.603. The van der Waals surface area contributed by atoms with Crippen LogP contribution in [0.15, 0.2) is 0 Å². The smallest absolute Gasteiger partial charge is 0.136 e. The molecule has 0 amide bonds. The van der Waals surface area contributed by atoms with E-state index >= 15 is 0 Å². The lowest BCUT2D eigenvalue weighted by Crippen LogP contribution is -2.41. The van der Waals surface area contributed by atoms with Crippen LogP contribution in [0.4, 0.5) is 0 Å². The molecule has 58 valence electrons. The van der Waals surface area contributed by atoms with Gasteiger partial charge in [0, 0.05) is 0 Å². The third-order valence-electron chi connectivity index (χ3n) is 2.86. The van der Waals surface area contributed by atoms with Crippen molar-refractivity contribution >= 4 is 0 Å². The van der Waals surface area contributed by atoms with Gasteiger partial charge in [0.05, 0.1) is 0 Å². The maximum atomic E-state index is 5.05. The molecule has 2 atom stereocenters. The zero-order valence-corrected chi connectivity index (χ0v) is 6.35. The third-order valence-corrected chi connectivity index (χ3v) is 2.86. The van der Waals surface area contributed by atoms with Crippen LogP contribution in [0.3, 0.4) is 0 Å². The minimum Gasteiger partial charge on any atom is -0.197 e. The second-order valence-electron chi connectivity index (χ2n) is 3.55. The van der Waals surface area contributed by atoms with Crippen LogP contribution in [0.25, 0.3) is 0 Å². The highest BCUT2D eigenvalue weighted by Gasteiger charge is 2.57. The summed E-state index contributed by atoms with van der Waals surface area (Å²) >= 11 is 0. The summed E-state index contributed by atoms with van der Waals surface area (Å²) in [5, 5.41) is 4.52. The Morgan fingerprint density at radius 1 is 1.00 bits per heavy atom. The van der Waals surface area contributed by atoms with Gasteiger partial charge >= 0.3 is 0 Å². The standard InChI is InChI=1S/C7H12O3/c1-6-4-3-5-7(6,2)9-10-8-6/h3-5H2,1-2H3. The molecule has 10 heavy (non-hydrogen) atoms. The molecule has 2 aliphatic rings. The molecule has 0 aromatic rings. The molecule has 1 aliphatic carbocycles. The Hall–Kier alpha value is -0.120. The van der Waals surface area contributed by atoms with Crippen molar-refractivity contribution in [2.75, 3.05) is 0 Å². The average molecular weight is 144 g/mol. The Kier molecular flexibility index (Phi) is 1.14. The second kappa shape index (κ2) is 1.72. The maximum Gasteiger partial charge on any atom is 0.136 e. The molecule has 2 unspecified atom stereocenters. The fourth-order valence-electron chi connectivity index (χ4n) is 1.72. The van der Waals surface area contributed by atoms with Crippen molar-refractivity contribution in [1.82, 2.24) is 0 Å². The van der Waals surface area contributed by atoms with Gasteiger partial charge in [-0.2, -0.15) is 9.78 Å². The molecule has 1 aliphatic heterocycles. The molecule has 1 saturated heterocycles. The summed E-state index contributed by atoms with van der Waals surface area (Å²) in [7, 11) is 0. The van der Waals surface area contributed by atoms with Gasteiger partial charge in [-0.05, 0) is 33.1 Å². The number of hydrogen-bond acceptors (Lipinski definition) is 3. The first-order valence-electron chi connectivity index (χ1n) is 3.70. The van der Waals surface area contributed by atoms with Crippen LogP contribution < -0.4 is 0 Å². The quantitative estimate of drug-likeness (QED) is 0.483. The van der Waals surface area contributed by atoms with Gasteiger partial charge in [-0.25, -0.2) is 0 Å². The van der Waals surface area contributed by atoms with Crippen LogP contribution in [0.1, 0.15) is 33.1 Å². The van der Waals surface area contributed by atoms with Crippen molar-refractivity contribution < 1.29 is 14.8 Å². The highest BCUT2D eigenvalue weighted by atomic mass is 17.5. The minimum atomic E-state index is -0.201. The van der Waals surface area contributed by atoms with Crippen LogP contribution in [-0.2, 0) is 14.8 Å². The van der Waals surface area contributed by atoms with Gasteiger partial charge < -0.3 is 0 Å². The Bertz CT molecular complexity index is 129. The molecule has 0 aromatic heterocycles. The Balaban J connectivity index is 2.30. The van der Waals surface area contributed by atoms with Gasteiger partial charge in [-0.3, -0.25) is 0 Å². The fourth-order valence-corrected chi connectivity index (χ4v) is 1.72. The molecule has 2 fully saturated rings. The Morgan fingerprint density at radius 2 is 1.50 bits per heavy atom. The summed E-state index contributed by atoms with van der Waals surface area (Å²) in [5.41, 5.74) is -0.403. The normalized spacial score (nSPS) is 53.4. The van der Waals surface area contributed by atoms with Crippen molar-refractivity contribution in [2.24, 2.45) is 0 Å². The van der Waals surface area contributed by atoms with E-state index in [1.807, 2.05) is 13.8 Å². The minimum absolute atomic E-state index is 0.201. The van der Waals surface area contributed by atoms with E-state index in [4.69, 9.17) is 9.78 Å². The zero-order valence-electron chi connectivity index (χ0n) is 6.35. The summed E-state index contributed by atoms with van der Waals surface area (Å²) in [4.78, 5) is 10.1. The van der Waals surface area contributed by atoms with Crippen LogP contribution in [0, 0.1) is 0 Å². The van der Waals surface area contributed by atoms with Crippen molar-refractivity contribution in [3.05, 3.63) is 0 Å². The average Bonchev–Trinajstić information content (AvgIpc) is 2.20. The van der Waals surface area contributed by atoms with Crippen molar-refractivity contribution in [2.45, 2.75) is 44.3 Å². The van der Waals surface area contributed by atoms with Gasteiger partial charge in [0.25, 0.3) is 0 Å². The number of hydrogen-bond donors (Lipinski definition) is 0. The molecule has 0 aromatic carbocycles. The summed E-state index contributed by atoms with van der Waals surface area (Å²) in [6.45, 7) is 4.07. The number of fused-ring (bicyclic) bond motifs is 1. The lowest BCUT2D eigenvalue weighted by atomic mass is 9.90. The fraction of sp³-hybridized carbons (Fsp3) is 1.00. The summed E-state index contributed by atoms with van der Waals surface area (Å²) in [5.74, 6) is 0. The van der Waals surface area contributed by atoms with Gasteiger partial charge in [0.2, 0.25) is 0 Å². The van der Waals surface area contributed by atoms with E-state index in [1.54, 1.807) is 0 Å². The first-order chi connectivity index (χ1) is 4.66. The topological polar surface area (TPSA) is 27.7 Å². The van der Waals surface area contributed by atoms with Crippen LogP contribution >= 0.6 is 0 Å². The molecule has 3 nitrogen and oxygen atoms in total. The van der Waals surface area contributed by atoms with E-state index < -0.39 is 0 Å². The van der Waals surface area contributed by atoms with Crippen LogP contribution in [-0.4, -0.2) is 11.2 Å². The Morgan fingerprint density at radius 3 is 2.00 bits per heavy atom. The second-order valence-corrected chi connectivity index (χ2v) is 3.55. The molecule has 0 bridgehead atoms. The monoisotopic (exact) mass is 144 g/mol. The Labute approximate surface area is 60.1 Å². The predicted octanol–water partition coefficient (Wildman–Crippen LogP) is 1.58. The molecule has 0 N–H and O–H groups in total. The maximum absolute atomic E-state index is 5.05. The predicted molar refractivity (Wildman–Crippen MR) is 33.9 cm³/mol. The molecule has 0 radical (unpaired) electrons. The van der Waals surface area contributed by atoms with E-state index in [1.165, 1.54) is 0 Å². The van der Waals surface area contributed by atoms with E-state index in [9.17, 15) is 0 Å². The lowest BCUT2D eigenvalue weighted by Gasteiger charge is -2.25. The van der Waals surface area contributed by atoms with Gasteiger partial charge in [0.1, 0.15) is 11.2 Å². The summed E-state index contributed by atoms with van der Waals surface area (Å²) < 4.78 is 0. The van der Waals surface area contributed by atoms with Crippen LogP contribution in [0.5, 0.6) is 0 Å².